The maximum atomic E-state index is 7.22. The Balaban J connectivity index is 1.33. The molecule has 0 N–H and O–H groups in total. The molecule has 1 aromatic heterocycles. The second kappa shape index (κ2) is 11.7. The average molecular weight is 681 g/mol. The number of allylic oxidation sites excluding steroid dienone is 3. The van der Waals surface area contributed by atoms with Crippen LogP contribution in [0.4, 0.5) is 0 Å². The molecule has 4 nitrogen and oxygen atoms in total. The molecule has 5 heteroatoms. The summed E-state index contributed by atoms with van der Waals surface area (Å²) in [6.45, 7) is 2.28. The molecule has 0 saturated carbocycles. The molecular formula is C48H33BN2O2. The van der Waals surface area contributed by atoms with E-state index in [4.69, 9.17) is 14.3 Å². The van der Waals surface area contributed by atoms with Crippen LogP contribution in [0.25, 0.3) is 50.4 Å². The molecule has 1 aliphatic carbocycles. The smallest absolute Gasteiger partial charge is 0.506 e. The Morgan fingerprint density at radius 1 is 0.679 bits per heavy atom. The van der Waals surface area contributed by atoms with Crippen LogP contribution in [0.3, 0.4) is 0 Å². The standard InChI is InChI=1S/C48H33BN2O2/c1-30-21-24-37-35(27-30)23-26-43-46(37)41-29-39(32-15-7-3-8-16-32)48-44(34-18-9-4-10-19-34)47-38(31-13-5-2-6-14-31)28-40(50-47)45-36-20-12-11-17-33(36)22-25-42(45)52-49(53-43)51(41)48/h2-26,28-30H,27H2,1H3/b47-44-. The minimum Gasteiger partial charge on any atom is -0.506 e. The van der Waals surface area contributed by atoms with Gasteiger partial charge in [-0.25, -0.2) is 4.99 Å². The number of rotatable bonds is 3. The largest absolute Gasteiger partial charge is 0.743 e. The van der Waals surface area contributed by atoms with E-state index in [1.807, 2.05) is 0 Å². The minimum atomic E-state index is -0.799. The molecule has 1 atom stereocenters. The summed E-state index contributed by atoms with van der Waals surface area (Å²) in [5.41, 5.74) is 14.9. The first-order valence-electron chi connectivity index (χ1n) is 18.4. The van der Waals surface area contributed by atoms with Gasteiger partial charge in [0, 0.05) is 33.5 Å². The lowest BCUT2D eigenvalue weighted by molar-refractivity contribution is 0.403. The zero-order chi connectivity index (χ0) is 35.0. The fourth-order valence-corrected chi connectivity index (χ4v) is 8.60. The summed E-state index contributed by atoms with van der Waals surface area (Å²) in [5, 5.41) is 2.21. The van der Waals surface area contributed by atoms with E-state index in [-0.39, 0.29) is 0 Å². The van der Waals surface area contributed by atoms with Gasteiger partial charge in [0.1, 0.15) is 11.5 Å². The third-order valence-electron chi connectivity index (χ3n) is 11.0. The van der Waals surface area contributed by atoms with Gasteiger partial charge < -0.3 is 13.8 Å². The van der Waals surface area contributed by atoms with Crippen LogP contribution in [0, 0.1) is 5.92 Å². The second-order valence-corrected chi connectivity index (χ2v) is 14.3. The highest BCUT2D eigenvalue weighted by molar-refractivity contribution is 6.48. The molecule has 1 unspecified atom stereocenters. The summed E-state index contributed by atoms with van der Waals surface area (Å²) in [6.07, 6.45) is 7.84. The van der Waals surface area contributed by atoms with Gasteiger partial charge in [0.15, 0.2) is 0 Å². The van der Waals surface area contributed by atoms with E-state index in [9.17, 15) is 0 Å². The normalized spacial score (nSPS) is 17.8. The van der Waals surface area contributed by atoms with E-state index in [1.165, 1.54) is 11.1 Å². The van der Waals surface area contributed by atoms with Crippen LogP contribution in [0.1, 0.15) is 40.4 Å². The molecule has 7 aromatic rings. The Hall–Kier alpha value is -6.59. The number of nitrogens with zero attached hydrogens (tertiary/aromatic N) is 2. The summed E-state index contributed by atoms with van der Waals surface area (Å²) in [7, 11) is -0.799. The molecule has 0 amide bonds. The summed E-state index contributed by atoms with van der Waals surface area (Å²) in [6, 6.07) is 51.4. The predicted octanol–water partition coefficient (Wildman–Crippen LogP) is 11.1. The Morgan fingerprint density at radius 3 is 2.11 bits per heavy atom. The third kappa shape index (κ3) is 4.67. The third-order valence-corrected chi connectivity index (χ3v) is 11.0. The Kier molecular flexibility index (Phi) is 6.65. The summed E-state index contributed by atoms with van der Waals surface area (Å²) < 4.78 is 16.6. The summed E-state index contributed by atoms with van der Waals surface area (Å²) in [4.78, 5) is 5.65. The summed E-state index contributed by atoms with van der Waals surface area (Å²) >= 11 is 0. The molecule has 4 heterocycles. The number of hydrogen-bond acceptors (Lipinski definition) is 3. The molecule has 250 valence electrons. The second-order valence-electron chi connectivity index (χ2n) is 14.3. The van der Waals surface area contributed by atoms with Crippen molar-refractivity contribution in [3.63, 3.8) is 0 Å². The van der Waals surface area contributed by atoms with Crippen molar-refractivity contribution in [3.8, 4) is 33.9 Å². The van der Waals surface area contributed by atoms with Gasteiger partial charge in [0.05, 0.1) is 17.1 Å². The first-order valence-corrected chi connectivity index (χ1v) is 18.4. The molecule has 11 rings (SSSR count). The maximum Gasteiger partial charge on any atom is 0.743 e. The predicted molar refractivity (Wildman–Crippen MR) is 217 cm³/mol. The van der Waals surface area contributed by atoms with Crippen LogP contribution < -0.4 is 9.31 Å². The molecule has 2 bridgehead atoms. The van der Waals surface area contributed by atoms with E-state index < -0.39 is 7.25 Å². The van der Waals surface area contributed by atoms with Gasteiger partial charge in [-0.05, 0) is 75.2 Å². The van der Waals surface area contributed by atoms with Gasteiger partial charge in [-0.1, -0.05) is 146 Å². The highest BCUT2D eigenvalue weighted by Gasteiger charge is 2.44. The van der Waals surface area contributed by atoms with Crippen molar-refractivity contribution in [1.82, 2.24) is 4.48 Å². The molecule has 3 aliphatic heterocycles. The topological polar surface area (TPSA) is 35.8 Å². The Labute approximate surface area is 308 Å². The van der Waals surface area contributed by atoms with Crippen LogP contribution in [0.15, 0.2) is 168 Å². The van der Waals surface area contributed by atoms with E-state index in [2.05, 4.69) is 175 Å². The Morgan fingerprint density at radius 2 is 1.34 bits per heavy atom. The highest BCUT2D eigenvalue weighted by Crippen LogP contribution is 2.51. The molecule has 0 fully saturated rings. The first kappa shape index (κ1) is 30.1. The van der Waals surface area contributed by atoms with E-state index in [0.29, 0.717) is 5.92 Å². The SMILES string of the molecule is CC1C=Cc2c(ccc3c2-c2cc(-c4ccccc4)c4n2B(O3)Oc2ccc3ccccc3c2C2=N/C(=C\4c3ccccc3)C(c3ccccc3)=C2)C1. The van der Waals surface area contributed by atoms with Gasteiger partial charge in [0.2, 0.25) is 0 Å². The molecule has 53 heavy (non-hydrogen) atoms. The van der Waals surface area contributed by atoms with E-state index in [1.54, 1.807) is 0 Å². The number of aromatic nitrogens is 1. The molecule has 0 radical (unpaired) electrons. The molecular weight excluding hydrogens is 647 g/mol. The van der Waals surface area contributed by atoms with Gasteiger partial charge in [-0.3, -0.25) is 0 Å². The monoisotopic (exact) mass is 680 g/mol. The minimum absolute atomic E-state index is 0.472. The van der Waals surface area contributed by atoms with Crippen LogP contribution in [0.2, 0.25) is 0 Å². The number of hydrogen-bond donors (Lipinski definition) is 0. The van der Waals surface area contributed by atoms with E-state index in [0.717, 1.165) is 96.0 Å². The quantitative estimate of drug-likeness (QED) is 0.174. The lowest BCUT2D eigenvalue weighted by Crippen LogP contribution is -2.43. The fraction of sp³-hybridized carbons (Fsp3) is 0.0625. The fourth-order valence-electron chi connectivity index (χ4n) is 8.60. The highest BCUT2D eigenvalue weighted by atomic mass is 16.6. The Bertz CT molecular complexity index is 2760. The number of aliphatic imine (C=N–C) groups is 1. The molecule has 6 aromatic carbocycles. The van der Waals surface area contributed by atoms with Gasteiger partial charge >= 0.3 is 7.25 Å². The average Bonchev–Trinajstić information content (AvgIpc) is 3.82. The van der Waals surface area contributed by atoms with Gasteiger partial charge in [-0.15, -0.1) is 0 Å². The van der Waals surface area contributed by atoms with Crippen LogP contribution >= 0.6 is 0 Å². The van der Waals surface area contributed by atoms with Crippen molar-refractivity contribution < 1.29 is 9.31 Å². The maximum absolute atomic E-state index is 7.22. The number of benzene rings is 6. The zero-order valence-corrected chi connectivity index (χ0v) is 29.2. The zero-order valence-electron chi connectivity index (χ0n) is 29.2. The van der Waals surface area contributed by atoms with Crippen LogP contribution in [-0.4, -0.2) is 17.4 Å². The molecule has 0 saturated heterocycles. The molecule has 4 aliphatic rings. The van der Waals surface area contributed by atoms with E-state index >= 15 is 0 Å². The first-order chi connectivity index (χ1) is 26.2. The molecule has 0 spiro atoms. The van der Waals surface area contributed by atoms with Crippen molar-refractivity contribution in [2.24, 2.45) is 10.9 Å². The van der Waals surface area contributed by atoms with Gasteiger partial charge in [-0.2, -0.15) is 0 Å². The van der Waals surface area contributed by atoms with Crippen molar-refractivity contribution in [1.29, 1.82) is 0 Å². The lowest BCUT2D eigenvalue weighted by Gasteiger charge is -2.31. The lowest BCUT2D eigenvalue weighted by atomic mass is 9.85. The van der Waals surface area contributed by atoms with Crippen molar-refractivity contribution in [2.45, 2.75) is 13.3 Å². The van der Waals surface area contributed by atoms with Crippen LogP contribution in [-0.2, 0) is 6.42 Å². The van der Waals surface area contributed by atoms with Crippen molar-refractivity contribution in [3.05, 3.63) is 197 Å². The van der Waals surface area contributed by atoms with Crippen molar-refractivity contribution >= 4 is 41.0 Å². The number of fused-ring (bicyclic) bond motifs is 9. The summed E-state index contributed by atoms with van der Waals surface area (Å²) in [5.74, 6) is 2.02. The van der Waals surface area contributed by atoms with Gasteiger partial charge in [0.25, 0.3) is 0 Å². The van der Waals surface area contributed by atoms with Crippen LogP contribution in [0.5, 0.6) is 11.5 Å². The van der Waals surface area contributed by atoms with Crippen molar-refractivity contribution in [2.75, 3.05) is 0 Å².